The van der Waals surface area contributed by atoms with Crippen LogP contribution in [-0.2, 0) is 13.6 Å². The largest absolute Gasteiger partial charge is 0.392 e. The van der Waals surface area contributed by atoms with E-state index in [2.05, 4.69) is 26.3 Å². The number of nitrogens with zero attached hydrogens (tertiary/aromatic N) is 2. The van der Waals surface area contributed by atoms with Gasteiger partial charge < -0.3 is 10.4 Å². The molecule has 92 valence electrons. The van der Waals surface area contributed by atoms with Crippen molar-refractivity contribution >= 4 is 15.9 Å². The van der Waals surface area contributed by atoms with Gasteiger partial charge in [-0.05, 0) is 28.8 Å². The van der Waals surface area contributed by atoms with Crippen LogP contribution >= 0.6 is 15.9 Å². The molecule has 0 spiro atoms. The molecule has 1 aromatic rings. The Kier molecular flexibility index (Phi) is 4.95. The van der Waals surface area contributed by atoms with Gasteiger partial charge in [0, 0.05) is 20.1 Å². The fraction of sp³-hybridized carbons (Fsp3) is 0.727. The maximum absolute atomic E-state index is 9.65. The number of hydrogen-bond donors (Lipinski definition) is 2. The molecule has 4 nitrogen and oxygen atoms in total. The summed E-state index contributed by atoms with van der Waals surface area (Å²) < 4.78 is 2.90. The van der Waals surface area contributed by atoms with Crippen LogP contribution < -0.4 is 5.32 Å². The Labute approximate surface area is 105 Å². The van der Waals surface area contributed by atoms with Gasteiger partial charge in [-0.2, -0.15) is 5.10 Å². The smallest absolute Gasteiger partial charge is 0.0739 e. The van der Waals surface area contributed by atoms with Crippen molar-refractivity contribution in [2.45, 2.75) is 33.4 Å². The van der Waals surface area contributed by atoms with Crippen molar-refractivity contribution in [3.8, 4) is 0 Å². The fourth-order valence-corrected chi connectivity index (χ4v) is 1.92. The quantitative estimate of drug-likeness (QED) is 0.866. The Morgan fingerprint density at radius 3 is 2.56 bits per heavy atom. The second kappa shape index (κ2) is 5.80. The van der Waals surface area contributed by atoms with Gasteiger partial charge in [0.1, 0.15) is 0 Å². The Morgan fingerprint density at radius 2 is 2.12 bits per heavy atom. The summed E-state index contributed by atoms with van der Waals surface area (Å²) in [5, 5.41) is 17.2. The van der Waals surface area contributed by atoms with E-state index in [1.54, 1.807) is 0 Å². The number of halogens is 1. The van der Waals surface area contributed by atoms with Gasteiger partial charge in [-0.25, -0.2) is 0 Å². The van der Waals surface area contributed by atoms with Crippen molar-refractivity contribution in [2.24, 2.45) is 13.0 Å². The molecule has 16 heavy (non-hydrogen) atoms. The van der Waals surface area contributed by atoms with Crippen molar-refractivity contribution in [1.29, 1.82) is 0 Å². The third-order valence-electron chi connectivity index (χ3n) is 2.68. The minimum absolute atomic E-state index is 0.282. The van der Waals surface area contributed by atoms with Crippen molar-refractivity contribution in [1.82, 2.24) is 15.1 Å². The molecule has 1 unspecified atom stereocenters. The van der Waals surface area contributed by atoms with E-state index in [9.17, 15) is 5.11 Å². The van der Waals surface area contributed by atoms with E-state index in [1.807, 2.05) is 32.5 Å². The SMILES string of the molecule is Cc1nn(C)c(CNCC(O)C(C)C)c1Br. The first kappa shape index (κ1) is 13.7. The van der Waals surface area contributed by atoms with Gasteiger partial charge in [-0.1, -0.05) is 13.8 Å². The van der Waals surface area contributed by atoms with Crippen LogP contribution in [0.1, 0.15) is 25.2 Å². The number of aromatic nitrogens is 2. The number of rotatable bonds is 5. The zero-order chi connectivity index (χ0) is 12.3. The second-order valence-corrected chi connectivity index (χ2v) is 5.20. The summed E-state index contributed by atoms with van der Waals surface area (Å²) in [6, 6.07) is 0. The van der Waals surface area contributed by atoms with Crippen LogP contribution in [0.5, 0.6) is 0 Å². The van der Waals surface area contributed by atoms with Gasteiger partial charge in [-0.15, -0.1) is 0 Å². The van der Waals surface area contributed by atoms with E-state index in [0.29, 0.717) is 13.1 Å². The third-order valence-corrected chi connectivity index (χ3v) is 3.71. The molecule has 0 fully saturated rings. The molecule has 2 N–H and O–H groups in total. The maximum Gasteiger partial charge on any atom is 0.0739 e. The molecule has 0 amide bonds. The topological polar surface area (TPSA) is 50.1 Å². The minimum atomic E-state index is -0.298. The second-order valence-electron chi connectivity index (χ2n) is 4.41. The first-order valence-electron chi connectivity index (χ1n) is 5.50. The highest BCUT2D eigenvalue weighted by Crippen LogP contribution is 2.19. The van der Waals surface area contributed by atoms with Gasteiger partial charge in [0.25, 0.3) is 0 Å². The Morgan fingerprint density at radius 1 is 1.50 bits per heavy atom. The molecular weight excluding hydrogens is 270 g/mol. The van der Waals surface area contributed by atoms with E-state index in [1.165, 1.54) is 0 Å². The van der Waals surface area contributed by atoms with Crippen LogP contribution in [-0.4, -0.2) is 27.5 Å². The van der Waals surface area contributed by atoms with E-state index < -0.39 is 0 Å². The molecular formula is C11H20BrN3O. The van der Waals surface area contributed by atoms with Gasteiger partial charge in [0.2, 0.25) is 0 Å². The molecule has 5 heteroatoms. The molecule has 0 radical (unpaired) electrons. The van der Waals surface area contributed by atoms with Crippen LogP contribution in [0, 0.1) is 12.8 Å². The highest BCUT2D eigenvalue weighted by atomic mass is 79.9. The van der Waals surface area contributed by atoms with Gasteiger partial charge in [-0.3, -0.25) is 4.68 Å². The maximum atomic E-state index is 9.65. The summed E-state index contributed by atoms with van der Waals surface area (Å²) in [5.41, 5.74) is 2.09. The molecule has 1 heterocycles. The average Bonchev–Trinajstić information content (AvgIpc) is 2.44. The highest BCUT2D eigenvalue weighted by Gasteiger charge is 2.12. The molecule has 0 aromatic carbocycles. The van der Waals surface area contributed by atoms with Crippen molar-refractivity contribution < 1.29 is 5.11 Å². The lowest BCUT2D eigenvalue weighted by molar-refractivity contribution is 0.123. The van der Waals surface area contributed by atoms with Crippen LogP contribution in [0.15, 0.2) is 4.47 Å². The van der Waals surface area contributed by atoms with E-state index in [-0.39, 0.29) is 12.0 Å². The van der Waals surface area contributed by atoms with Crippen molar-refractivity contribution in [3.63, 3.8) is 0 Å². The molecule has 0 saturated carbocycles. The average molecular weight is 290 g/mol. The molecule has 0 saturated heterocycles. The number of aryl methyl sites for hydroxylation is 2. The molecule has 1 aromatic heterocycles. The lowest BCUT2D eigenvalue weighted by Gasteiger charge is -2.15. The van der Waals surface area contributed by atoms with Gasteiger partial charge >= 0.3 is 0 Å². The monoisotopic (exact) mass is 289 g/mol. The molecule has 1 atom stereocenters. The molecule has 1 rings (SSSR count). The van der Waals surface area contributed by atoms with Crippen molar-refractivity contribution in [3.05, 3.63) is 15.9 Å². The molecule has 0 bridgehead atoms. The number of nitrogens with one attached hydrogen (secondary N) is 1. The van der Waals surface area contributed by atoms with Crippen LogP contribution in [0.4, 0.5) is 0 Å². The summed E-state index contributed by atoms with van der Waals surface area (Å²) in [6.07, 6.45) is -0.298. The van der Waals surface area contributed by atoms with Crippen LogP contribution in [0.25, 0.3) is 0 Å². The number of hydrogen-bond acceptors (Lipinski definition) is 3. The number of aliphatic hydroxyl groups is 1. The van der Waals surface area contributed by atoms with Crippen molar-refractivity contribution in [2.75, 3.05) is 6.54 Å². The Bertz CT molecular complexity index is 349. The van der Waals surface area contributed by atoms with E-state index in [4.69, 9.17) is 0 Å². The first-order valence-corrected chi connectivity index (χ1v) is 6.29. The normalized spacial score (nSPS) is 13.4. The first-order chi connectivity index (χ1) is 7.43. The lowest BCUT2D eigenvalue weighted by atomic mass is 10.1. The van der Waals surface area contributed by atoms with Gasteiger partial charge in [0.05, 0.1) is 22.0 Å². The van der Waals surface area contributed by atoms with Gasteiger partial charge in [0.15, 0.2) is 0 Å². The van der Waals surface area contributed by atoms with Crippen LogP contribution in [0.3, 0.4) is 0 Å². The Balaban J connectivity index is 2.49. The zero-order valence-electron chi connectivity index (χ0n) is 10.3. The standard InChI is InChI=1S/C11H20BrN3O/c1-7(2)10(16)6-13-5-9-11(12)8(3)14-15(9)4/h7,10,13,16H,5-6H2,1-4H3. The predicted octanol–water partition coefficient (Wildman–Crippen LogP) is 1.60. The Hall–Kier alpha value is -0.390. The third kappa shape index (κ3) is 3.30. The van der Waals surface area contributed by atoms with Crippen LogP contribution in [0.2, 0.25) is 0 Å². The van der Waals surface area contributed by atoms with E-state index in [0.717, 1.165) is 15.9 Å². The summed E-state index contributed by atoms with van der Waals surface area (Å²) in [6.45, 7) is 7.31. The minimum Gasteiger partial charge on any atom is -0.392 e. The molecule has 0 aliphatic heterocycles. The summed E-state index contributed by atoms with van der Waals surface area (Å²) >= 11 is 3.51. The molecule has 0 aliphatic carbocycles. The summed E-state index contributed by atoms with van der Waals surface area (Å²) in [5.74, 6) is 0.282. The van der Waals surface area contributed by atoms with E-state index >= 15 is 0 Å². The summed E-state index contributed by atoms with van der Waals surface area (Å²) in [7, 11) is 1.92. The predicted molar refractivity (Wildman–Crippen MR) is 68.2 cm³/mol. The molecule has 0 aliphatic rings. The number of aliphatic hydroxyl groups excluding tert-OH is 1. The lowest BCUT2D eigenvalue weighted by Crippen LogP contribution is -2.30. The zero-order valence-corrected chi connectivity index (χ0v) is 11.9. The fourth-order valence-electron chi connectivity index (χ4n) is 1.45. The highest BCUT2D eigenvalue weighted by molar-refractivity contribution is 9.10. The summed E-state index contributed by atoms with van der Waals surface area (Å²) in [4.78, 5) is 0.